The Balaban J connectivity index is 2.54. The van der Waals surface area contributed by atoms with Crippen LogP contribution >= 0.6 is 11.6 Å². The second-order valence-corrected chi connectivity index (χ2v) is 5.30. The number of ether oxygens (including phenoxy) is 1. The standard InChI is InChI=1S/C14H23ClN4O/c1-5-18-14-13(11(4)17-18)16-12(7-8-15)19(14)10(3)9-20-6-2/h10H,5-9H2,1-4H3. The minimum absolute atomic E-state index is 0.222. The molecule has 0 fully saturated rings. The molecule has 0 spiro atoms. The van der Waals surface area contributed by atoms with Crippen LogP contribution in [0.25, 0.3) is 11.2 Å². The molecule has 2 aromatic rings. The predicted molar refractivity (Wildman–Crippen MR) is 81.6 cm³/mol. The first-order valence-corrected chi connectivity index (χ1v) is 7.75. The molecule has 0 saturated carbocycles. The molecule has 0 bridgehead atoms. The highest BCUT2D eigenvalue weighted by Crippen LogP contribution is 2.24. The number of hydrogen-bond donors (Lipinski definition) is 0. The highest BCUT2D eigenvalue weighted by Gasteiger charge is 2.21. The van der Waals surface area contributed by atoms with Gasteiger partial charge in [-0.1, -0.05) is 0 Å². The average Bonchev–Trinajstić information content (AvgIpc) is 2.94. The van der Waals surface area contributed by atoms with E-state index >= 15 is 0 Å². The second-order valence-electron chi connectivity index (χ2n) is 4.92. The lowest BCUT2D eigenvalue weighted by atomic mass is 10.3. The Kier molecular flexibility index (Phi) is 5.05. The van der Waals surface area contributed by atoms with E-state index in [4.69, 9.17) is 21.3 Å². The second kappa shape index (κ2) is 6.59. The number of alkyl halides is 1. The van der Waals surface area contributed by atoms with E-state index in [-0.39, 0.29) is 6.04 Å². The fraction of sp³-hybridized carbons (Fsp3) is 0.714. The van der Waals surface area contributed by atoms with Crippen LogP contribution in [0.5, 0.6) is 0 Å². The van der Waals surface area contributed by atoms with E-state index in [0.29, 0.717) is 12.5 Å². The third-order valence-electron chi connectivity index (χ3n) is 3.44. The maximum absolute atomic E-state index is 5.92. The van der Waals surface area contributed by atoms with Gasteiger partial charge >= 0.3 is 0 Å². The SMILES string of the molecule is CCOCC(C)n1c(CCCl)nc2c(C)nn(CC)c21. The van der Waals surface area contributed by atoms with Crippen molar-refractivity contribution in [2.45, 2.75) is 46.7 Å². The van der Waals surface area contributed by atoms with Gasteiger partial charge in [0.1, 0.15) is 11.3 Å². The Morgan fingerprint density at radius 1 is 1.35 bits per heavy atom. The lowest BCUT2D eigenvalue weighted by Crippen LogP contribution is -2.17. The van der Waals surface area contributed by atoms with Gasteiger partial charge in [0.2, 0.25) is 0 Å². The molecule has 20 heavy (non-hydrogen) atoms. The number of hydrogen-bond acceptors (Lipinski definition) is 3. The molecule has 0 aliphatic rings. The van der Waals surface area contributed by atoms with Gasteiger partial charge in [-0.2, -0.15) is 5.10 Å². The first-order valence-electron chi connectivity index (χ1n) is 7.21. The van der Waals surface area contributed by atoms with Crippen molar-refractivity contribution >= 4 is 22.8 Å². The lowest BCUT2D eigenvalue weighted by molar-refractivity contribution is 0.119. The van der Waals surface area contributed by atoms with Gasteiger partial charge < -0.3 is 9.30 Å². The van der Waals surface area contributed by atoms with Crippen LogP contribution in [0.3, 0.4) is 0 Å². The molecule has 6 heteroatoms. The fourth-order valence-corrected chi connectivity index (χ4v) is 2.71. The van der Waals surface area contributed by atoms with E-state index in [1.165, 1.54) is 0 Å². The first kappa shape index (κ1) is 15.3. The number of nitrogens with zero attached hydrogens (tertiary/aromatic N) is 4. The van der Waals surface area contributed by atoms with Crippen molar-refractivity contribution in [2.75, 3.05) is 19.1 Å². The van der Waals surface area contributed by atoms with E-state index < -0.39 is 0 Å². The molecular formula is C14H23ClN4O. The lowest BCUT2D eigenvalue weighted by Gasteiger charge is -2.17. The van der Waals surface area contributed by atoms with Crippen LogP contribution in [0.4, 0.5) is 0 Å². The monoisotopic (exact) mass is 298 g/mol. The van der Waals surface area contributed by atoms with Crippen LogP contribution in [0, 0.1) is 6.92 Å². The maximum atomic E-state index is 5.92. The number of aryl methyl sites for hydroxylation is 3. The van der Waals surface area contributed by atoms with Gasteiger partial charge in [0.15, 0.2) is 5.65 Å². The van der Waals surface area contributed by atoms with Crippen molar-refractivity contribution < 1.29 is 4.74 Å². The number of fused-ring (bicyclic) bond motifs is 1. The van der Waals surface area contributed by atoms with E-state index in [1.54, 1.807) is 0 Å². The van der Waals surface area contributed by atoms with Crippen molar-refractivity contribution in [3.05, 3.63) is 11.5 Å². The summed E-state index contributed by atoms with van der Waals surface area (Å²) in [5, 5.41) is 4.55. The Bertz CT molecular complexity index is 575. The summed E-state index contributed by atoms with van der Waals surface area (Å²) >= 11 is 5.92. The topological polar surface area (TPSA) is 44.9 Å². The zero-order chi connectivity index (χ0) is 14.7. The Labute approximate surface area is 124 Å². The summed E-state index contributed by atoms with van der Waals surface area (Å²) in [7, 11) is 0. The van der Waals surface area contributed by atoms with E-state index in [9.17, 15) is 0 Å². The molecule has 2 heterocycles. The molecule has 0 aliphatic carbocycles. The van der Waals surface area contributed by atoms with E-state index in [2.05, 4.69) is 23.5 Å². The molecule has 0 N–H and O–H groups in total. The van der Waals surface area contributed by atoms with Gasteiger partial charge in [0, 0.05) is 25.5 Å². The summed E-state index contributed by atoms with van der Waals surface area (Å²) in [4.78, 5) is 4.74. The molecule has 5 nitrogen and oxygen atoms in total. The molecule has 0 amide bonds. The van der Waals surface area contributed by atoms with Gasteiger partial charge in [-0.15, -0.1) is 11.6 Å². The molecule has 0 radical (unpaired) electrons. The van der Waals surface area contributed by atoms with Crippen molar-refractivity contribution in [1.29, 1.82) is 0 Å². The minimum atomic E-state index is 0.222. The third-order valence-corrected chi connectivity index (χ3v) is 3.63. The number of halogens is 1. The smallest absolute Gasteiger partial charge is 0.159 e. The fourth-order valence-electron chi connectivity index (χ4n) is 2.54. The number of aromatic nitrogens is 4. The number of imidazole rings is 1. The maximum Gasteiger partial charge on any atom is 0.159 e. The van der Waals surface area contributed by atoms with E-state index in [0.717, 1.165) is 42.3 Å². The van der Waals surface area contributed by atoms with Gasteiger partial charge in [-0.3, -0.25) is 0 Å². The summed E-state index contributed by atoms with van der Waals surface area (Å²) in [5.74, 6) is 1.59. The average molecular weight is 299 g/mol. The first-order chi connectivity index (χ1) is 9.63. The largest absolute Gasteiger partial charge is 0.380 e. The third kappa shape index (κ3) is 2.69. The summed E-state index contributed by atoms with van der Waals surface area (Å²) in [5.41, 5.74) is 3.03. The predicted octanol–water partition coefficient (Wildman–Crippen LogP) is 2.94. The van der Waals surface area contributed by atoms with Crippen LogP contribution in [0.2, 0.25) is 0 Å². The van der Waals surface area contributed by atoms with Crippen LogP contribution in [-0.2, 0) is 17.7 Å². The minimum Gasteiger partial charge on any atom is -0.380 e. The summed E-state index contributed by atoms with van der Waals surface area (Å²) < 4.78 is 9.81. The van der Waals surface area contributed by atoms with Crippen LogP contribution < -0.4 is 0 Å². The van der Waals surface area contributed by atoms with Crippen LogP contribution in [-0.4, -0.2) is 38.4 Å². The molecule has 0 saturated heterocycles. The molecule has 112 valence electrons. The highest BCUT2D eigenvalue weighted by atomic mass is 35.5. The van der Waals surface area contributed by atoms with Gasteiger partial charge in [0.25, 0.3) is 0 Å². The van der Waals surface area contributed by atoms with Crippen LogP contribution in [0.1, 0.15) is 38.3 Å². The normalized spacial score (nSPS) is 13.2. The Morgan fingerprint density at radius 3 is 2.70 bits per heavy atom. The van der Waals surface area contributed by atoms with Gasteiger partial charge in [0.05, 0.1) is 18.3 Å². The van der Waals surface area contributed by atoms with Gasteiger partial charge in [-0.05, 0) is 27.7 Å². The van der Waals surface area contributed by atoms with Crippen molar-refractivity contribution in [2.24, 2.45) is 0 Å². The molecular weight excluding hydrogens is 276 g/mol. The van der Waals surface area contributed by atoms with E-state index in [1.807, 2.05) is 18.5 Å². The summed E-state index contributed by atoms with van der Waals surface area (Å²) in [6, 6.07) is 0.222. The molecule has 1 unspecified atom stereocenters. The van der Waals surface area contributed by atoms with Crippen molar-refractivity contribution in [1.82, 2.24) is 19.3 Å². The molecule has 0 aromatic carbocycles. The Morgan fingerprint density at radius 2 is 2.10 bits per heavy atom. The zero-order valence-corrected chi connectivity index (χ0v) is 13.4. The molecule has 1 atom stereocenters. The quantitative estimate of drug-likeness (QED) is 0.738. The Hall–Kier alpha value is -1.07. The van der Waals surface area contributed by atoms with Gasteiger partial charge in [-0.25, -0.2) is 9.67 Å². The summed E-state index contributed by atoms with van der Waals surface area (Å²) in [6.45, 7) is 10.5. The molecule has 2 aromatic heterocycles. The van der Waals surface area contributed by atoms with Crippen LogP contribution in [0.15, 0.2) is 0 Å². The molecule has 0 aliphatic heterocycles. The highest BCUT2D eigenvalue weighted by molar-refractivity contribution is 6.17. The summed E-state index contributed by atoms with van der Waals surface area (Å²) in [6.07, 6.45) is 0.760. The molecule has 2 rings (SSSR count). The van der Waals surface area contributed by atoms with Crippen molar-refractivity contribution in [3.63, 3.8) is 0 Å². The number of rotatable bonds is 7. The van der Waals surface area contributed by atoms with Crippen molar-refractivity contribution in [3.8, 4) is 0 Å². The zero-order valence-electron chi connectivity index (χ0n) is 12.7.